The maximum absolute atomic E-state index is 13.1. The smallest absolute Gasteiger partial charge is 0.407 e. The van der Waals surface area contributed by atoms with Crippen LogP contribution >= 0.6 is 0 Å². The van der Waals surface area contributed by atoms with Crippen molar-refractivity contribution >= 4 is 12.1 Å². The van der Waals surface area contributed by atoms with Gasteiger partial charge in [-0.1, -0.05) is 0 Å². The summed E-state index contributed by atoms with van der Waals surface area (Å²) in [5.41, 5.74) is -0.688. The van der Waals surface area contributed by atoms with Gasteiger partial charge in [0.2, 0.25) is 5.82 Å². The van der Waals surface area contributed by atoms with Crippen molar-refractivity contribution in [2.75, 3.05) is 0 Å². The summed E-state index contributed by atoms with van der Waals surface area (Å²) in [7, 11) is 0. The first kappa shape index (κ1) is 27.6. The van der Waals surface area contributed by atoms with Gasteiger partial charge in [-0.2, -0.15) is 4.80 Å². The number of ether oxygens (including phenoxy) is 3. The van der Waals surface area contributed by atoms with E-state index in [2.05, 4.69) is 20.7 Å². The summed E-state index contributed by atoms with van der Waals surface area (Å²) in [5.74, 6) is 0.590. The Balaban J connectivity index is 1.68. The first-order chi connectivity index (χ1) is 17.3. The van der Waals surface area contributed by atoms with Crippen LogP contribution < -0.4 is 10.1 Å². The van der Waals surface area contributed by atoms with Gasteiger partial charge in [-0.05, 0) is 95.3 Å². The number of nitrogens with zero attached hydrogens (tertiary/aromatic N) is 4. The molecule has 3 aromatic rings. The standard InChI is InChI=1S/C26H32FN5O5/c1-25(2,3)36-22(33)15-19(28-24(34)37-26(4,5)6)16-32-30-23(29-31-32)17-7-11-20(12-8-17)35-21-13-9-18(27)10-14-21/h7-14,19H,15-16H2,1-6H3,(H,28,34). The molecule has 1 atom stereocenters. The predicted octanol–water partition coefficient (Wildman–Crippen LogP) is 4.90. The van der Waals surface area contributed by atoms with Crippen molar-refractivity contribution < 1.29 is 28.2 Å². The quantitative estimate of drug-likeness (QED) is 0.423. The molecule has 0 spiro atoms. The summed E-state index contributed by atoms with van der Waals surface area (Å²) >= 11 is 0. The summed E-state index contributed by atoms with van der Waals surface area (Å²) in [4.78, 5) is 26.1. The van der Waals surface area contributed by atoms with E-state index in [0.29, 0.717) is 22.9 Å². The van der Waals surface area contributed by atoms with Crippen molar-refractivity contribution in [3.05, 3.63) is 54.3 Å². The third kappa shape index (κ3) is 9.51. The molecule has 1 aromatic heterocycles. The van der Waals surface area contributed by atoms with Crippen LogP contribution in [0.2, 0.25) is 0 Å². The molecule has 0 aliphatic carbocycles. The molecule has 1 amide bonds. The molecular formula is C26H32FN5O5. The lowest BCUT2D eigenvalue weighted by Crippen LogP contribution is -2.43. The first-order valence-electron chi connectivity index (χ1n) is 11.8. The summed E-state index contributed by atoms with van der Waals surface area (Å²) in [6, 6.07) is 12.0. The van der Waals surface area contributed by atoms with E-state index in [0.717, 1.165) is 0 Å². The second kappa shape index (κ2) is 11.4. The highest BCUT2D eigenvalue weighted by Crippen LogP contribution is 2.24. The van der Waals surface area contributed by atoms with E-state index in [1.165, 1.54) is 29.1 Å². The Labute approximate surface area is 215 Å². The number of amides is 1. The topological polar surface area (TPSA) is 117 Å². The highest BCUT2D eigenvalue weighted by Gasteiger charge is 2.25. The summed E-state index contributed by atoms with van der Waals surface area (Å²) < 4.78 is 29.5. The molecule has 1 heterocycles. The van der Waals surface area contributed by atoms with Crippen molar-refractivity contribution in [3.8, 4) is 22.9 Å². The Kier molecular flexibility index (Phi) is 8.46. The Bertz CT molecular complexity index is 1170. The van der Waals surface area contributed by atoms with E-state index < -0.39 is 29.3 Å². The monoisotopic (exact) mass is 513 g/mol. The van der Waals surface area contributed by atoms with Gasteiger partial charge < -0.3 is 19.5 Å². The van der Waals surface area contributed by atoms with Crippen molar-refractivity contribution in [1.29, 1.82) is 0 Å². The van der Waals surface area contributed by atoms with Crippen molar-refractivity contribution in [2.24, 2.45) is 0 Å². The summed E-state index contributed by atoms with van der Waals surface area (Å²) in [6.07, 6.45) is -0.777. The van der Waals surface area contributed by atoms with Crippen molar-refractivity contribution in [1.82, 2.24) is 25.5 Å². The molecule has 10 nitrogen and oxygen atoms in total. The number of hydrogen-bond acceptors (Lipinski definition) is 8. The average molecular weight is 514 g/mol. The lowest BCUT2D eigenvalue weighted by molar-refractivity contribution is -0.155. The van der Waals surface area contributed by atoms with Crippen LogP contribution in [0.15, 0.2) is 48.5 Å². The van der Waals surface area contributed by atoms with Crippen LogP contribution in [0.1, 0.15) is 48.0 Å². The fourth-order valence-corrected chi connectivity index (χ4v) is 3.16. The molecule has 0 aliphatic heterocycles. The Morgan fingerprint density at radius 1 is 0.919 bits per heavy atom. The van der Waals surface area contributed by atoms with Gasteiger partial charge in [0.25, 0.3) is 0 Å². The zero-order chi connectivity index (χ0) is 27.2. The Hall–Kier alpha value is -4.02. The first-order valence-corrected chi connectivity index (χ1v) is 11.8. The maximum Gasteiger partial charge on any atom is 0.407 e. The van der Waals surface area contributed by atoms with Crippen LogP contribution in [0.4, 0.5) is 9.18 Å². The summed E-state index contributed by atoms with van der Waals surface area (Å²) in [6.45, 7) is 10.6. The van der Waals surface area contributed by atoms with Crippen LogP contribution in [-0.2, 0) is 20.8 Å². The Morgan fingerprint density at radius 2 is 1.49 bits per heavy atom. The number of nitrogens with one attached hydrogen (secondary N) is 1. The van der Waals surface area contributed by atoms with Gasteiger partial charge in [-0.15, -0.1) is 10.2 Å². The van der Waals surface area contributed by atoms with Crippen molar-refractivity contribution in [2.45, 2.75) is 71.8 Å². The number of benzene rings is 2. The van der Waals surface area contributed by atoms with Crippen LogP contribution in [0.5, 0.6) is 11.5 Å². The highest BCUT2D eigenvalue weighted by molar-refractivity contribution is 5.73. The number of esters is 1. The molecular weight excluding hydrogens is 481 g/mol. The number of alkyl carbamates (subject to hydrolysis) is 1. The fraction of sp³-hybridized carbons (Fsp3) is 0.423. The van der Waals surface area contributed by atoms with Gasteiger partial charge in [0.1, 0.15) is 28.5 Å². The van der Waals surface area contributed by atoms with Gasteiger partial charge >= 0.3 is 12.1 Å². The zero-order valence-electron chi connectivity index (χ0n) is 21.8. The van der Waals surface area contributed by atoms with Crippen LogP contribution in [0, 0.1) is 5.82 Å². The predicted molar refractivity (Wildman–Crippen MR) is 133 cm³/mol. The number of halogens is 1. The lowest BCUT2D eigenvalue weighted by atomic mass is 10.1. The van der Waals surface area contributed by atoms with Gasteiger partial charge in [0, 0.05) is 5.56 Å². The SMILES string of the molecule is CC(C)(C)OC(=O)CC(Cn1nnc(-c2ccc(Oc3ccc(F)cc3)cc2)n1)NC(=O)OC(C)(C)C. The molecule has 1 unspecified atom stereocenters. The molecule has 37 heavy (non-hydrogen) atoms. The molecule has 1 N–H and O–H groups in total. The average Bonchev–Trinajstić information content (AvgIpc) is 3.21. The number of tetrazole rings is 1. The molecule has 0 aliphatic rings. The van der Waals surface area contributed by atoms with Crippen LogP contribution in [0.25, 0.3) is 11.4 Å². The number of carbonyl (C=O) groups excluding carboxylic acids is 2. The third-order valence-corrected chi connectivity index (χ3v) is 4.55. The molecule has 11 heteroatoms. The minimum Gasteiger partial charge on any atom is -0.460 e. The van der Waals surface area contributed by atoms with Crippen LogP contribution in [0.3, 0.4) is 0 Å². The second-order valence-electron chi connectivity index (χ2n) is 10.4. The Morgan fingerprint density at radius 3 is 2.05 bits per heavy atom. The molecule has 198 valence electrons. The molecule has 2 aromatic carbocycles. The number of rotatable bonds is 8. The number of carbonyl (C=O) groups is 2. The van der Waals surface area contributed by atoms with E-state index >= 15 is 0 Å². The van der Waals surface area contributed by atoms with E-state index in [1.54, 1.807) is 65.8 Å². The highest BCUT2D eigenvalue weighted by atomic mass is 19.1. The molecule has 0 fully saturated rings. The fourth-order valence-electron chi connectivity index (χ4n) is 3.16. The van der Waals surface area contributed by atoms with Gasteiger partial charge in [0.15, 0.2) is 0 Å². The van der Waals surface area contributed by atoms with Gasteiger partial charge in [-0.3, -0.25) is 4.79 Å². The molecule has 3 rings (SSSR count). The minimum absolute atomic E-state index is 0.0667. The van der Waals surface area contributed by atoms with E-state index in [1.807, 2.05) is 0 Å². The van der Waals surface area contributed by atoms with Crippen molar-refractivity contribution in [3.63, 3.8) is 0 Å². The number of hydrogen-bond donors (Lipinski definition) is 1. The molecule has 0 bridgehead atoms. The minimum atomic E-state index is -0.703. The van der Waals surface area contributed by atoms with Gasteiger partial charge in [0.05, 0.1) is 19.0 Å². The zero-order valence-corrected chi connectivity index (χ0v) is 21.8. The largest absolute Gasteiger partial charge is 0.460 e. The van der Waals surface area contributed by atoms with E-state index in [-0.39, 0.29) is 18.8 Å². The lowest BCUT2D eigenvalue weighted by Gasteiger charge is -2.24. The van der Waals surface area contributed by atoms with Gasteiger partial charge in [-0.25, -0.2) is 9.18 Å². The van der Waals surface area contributed by atoms with E-state index in [9.17, 15) is 14.0 Å². The number of aromatic nitrogens is 4. The maximum atomic E-state index is 13.1. The van der Waals surface area contributed by atoms with Crippen LogP contribution in [-0.4, -0.2) is 49.5 Å². The normalized spacial score (nSPS) is 12.5. The summed E-state index contributed by atoms with van der Waals surface area (Å²) in [5, 5.41) is 15.2. The third-order valence-electron chi connectivity index (χ3n) is 4.55. The van der Waals surface area contributed by atoms with E-state index in [4.69, 9.17) is 14.2 Å². The molecule has 0 saturated carbocycles. The molecule has 0 saturated heterocycles. The second-order valence-corrected chi connectivity index (χ2v) is 10.4. The molecule has 0 radical (unpaired) electrons.